The molecule has 0 saturated carbocycles. The molecule has 1 amide bonds. The average molecular weight is 324 g/mol. The molecule has 0 atom stereocenters. The molecule has 0 unspecified atom stereocenters. The molecule has 3 heterocycles. The molecule has 122 valence electrons. The number of hydrogen-bond acceptors (Lipinski definition) is 5. The zero-order valence-electron chi connectivity index (χ0n) is 12.9. The number of aromatic amines is 1. The number of H-pyrrole nitrogens is 1. The zero-order chi connectivity index (χ0) is 16.4. The fourth-order valence-corrected chi connectivity index (χ4v) is 2.62. The highest BCUT2D eigenvalue weighted by Crippen LogP contribution is 2.30. The van der Waals surface area contributed by atoms with Crippen molar-refractivity contribution in [2.75, 3.05) is 19.8 Å². The predicted molar refractivity (Wildman–Crippen MR) is 87.9 cm³/mol. The molecular weight excluding hydrogens is 308 g/mol. The van der Waals surface area contributed by atoms with Gasteiger partial charge in [0.25, 0.3) is 5.91 Å². The van der Waals surface area contributed by atoms with Gasteiger partial charge in [-0.3, -0.25) is 14.9 Å². The van der Waals surface area contributed by atoms with Crippen LogP contribution in [0.5, 0.6) is 11.5 Å². The van der Waals surface area contributed by atoms with E-state index in [9.17, 15) is 4.79 Å². The highest BCUT2D eigenvalue weighted by molar-refractivity contribution is 5.93. The van der Waals surface area contributed by atoms with E-state index >= 15 is 0 Å². The van der Waals surface area contributed by atoms with Crippen LogP contribution in [0.3, 0.4) is 0 Å². The Hall–Kier alpha value is -3.09. The summed E-state index contributed by atoms with van der Waals surface area (Å²) in [6.07, 6.45) is 4.02. The number of rotatable bonds is 0. The first-order chi connectivity index (χ1) is 11.8. The van der Waals surface area contributed by atoms with Gasteiger partial charge in [-0.15, -0.1) is 0 Å². The molecule has 7 heteroatoms. The topological polar surface area (TPSA) is 89.1 Å². The van der Waals surface area contributed by atoms with Gasteiger partial charge in [0, 0.05) is 23.7 Å². The lowest BCUT2D eigenvalue weighted by molar-refractivity contribution is -0.123. The minimum absolute atomic E-state index is 0.0459. The van der Waals surface area contributed by atoms with Crippen molar-refractivity contribution in [3.8, 4) is 22.8 Å². The van der Waals surface area contributed by atoms with Crippen molar-refractivity contribution in [1.29, 1.82) is 0 Å². The van der Waals surface area contributed by atoms with E-state index in [1.807, 2.05) is 24.3 Å². The van der Waals surface area contributed by atoms with Gasteiger partial charge < -0.3 is 14.8 Å². The van der Waals surface area contributed by atoms with E-state index in [0.29, 0.717) is 18.9 Å². The Morgan fingerprint density at radius 1 is 1.08 bits per heavy atom. The SMILES string of the molecule is O=C1COc2cncc(c2)-c2n[nH]c3ccc(cc23)OCCCN1. The summed E-state index contributed by atoms with van der Waals surface area (Å²) in [5.41, 5.74) is 2.50. The van der Waals surface area contributed by atoms with Gasteiger partial charge in [0.05, 0.1) is 18.3 Å². The molecule has 2 aromatic heterocycles. The summed E-state index contributed by atoms with van der Waals surface area (Å²) >= 11 is 0. The van der Waals surface area contributed by atoms with Crippen molar-refractivity contribution in [3.63, 3.8) is 0 Å². The molecule has 1 aliphatic heterocycles. The molecule has 1 aliphatic rings. The van der Waals surface area contributed by atoms with Gasteiger partial charge in [-0.2, -0.15) is 5.10 Å². The largest absolute Gasteiger partial charge is 0.494 e. The monoisotopic (exact) mass is 324 g/mol. The van der Waals surface area contributed by atoms with Crippen LogP contribution in [0.2, 0.25) is 0 Å². The van der Waals surface area contributed by atoms with Crippen molar-refractivity contribution in [3.05, 3.63) is 36.7 Å². The van der Waals surface area contributed by atoms with E-state index in [2.05, 4.69) is 20.5 Å². The van der Waals surface area contributed by atoms with Crippen molar-refractivity contribution in [1.82, 2.24) is 20.5 Å². The molecule has 3 aromatic rings. The Labute approximate surface area is 138 Å². The Morgan fingerprint density at radius 3 is 3.00 bits per heavy atom. The molecule has 1 aromatic carbocycles. The van der Waals surface area contributed by atoms with E-state index in [4.69, 9.17) is 9.47 Å². The Morgan fingerprint density at radius 2 is 2.04 bits per heavy atom. The number of hydrogen-bond donors (Lipinski definition) is 2. The number of carbonyl (C=O) groups excluding carboxylic acids is 1. The molecule has 0 aliphatic carbocycles. The molecule has 0 saturated heterocycles. The number of aromatic nitrogens is 3. The van der Waals surface area contributed by atoms with Gasteiger partial charge in [0.1, 0.15) is 17.2 Å². The number of benzene rings is 1. The molecule has 24 heavy (non-hydrogen) atoms. The molecule has 7 nitrogen and oxygen atoms in total. The van der Waals surface area contributed by atoms with E-state index in [0.717, 1.165) is 34.3 Å². The second-order valence-electron chi connectivity index (χ2n) is 5.53. The fourth-order valence-electron chi connectivity index (χ4n) is 2.62. The fraction of sp³-hybridized carbons (Fsp3) is 0.235. The maximum absolute atomic E-state index is 11.8. The van der Waals surface area contributed by atoms with Crippen LogP contribution in [0.4, 0.5) is 0 Å². The van der Waals surface area contributed by atoms with Crippen LogP contribution < -0.4 is 14.8 Å². The van der Waals surface area contributed by atoms with Crippen LogP contribution >= 0.6 is 0 Å². The molecule has 0 spiro atoms. The third-order valence-electron chi connectivity index (χ3n) is 3.80. The number of fused-ring (bicyclic) bond motifs is 4. The van der Waals surface area contributed by atoms with Gasteiger partial charge in [0.15, 0.2) is 6.61 Å². The smallest absolute Gasteiger partial charge is 0.257 e. The Bertz CT molecular complexity index is 890. The molecular formula is C17H16N4O3. The summed E-state index contributed by atoms with van der Waals surface area (Å²) in [7, 11) is 0. The van der Waals surface area contributed by atoms with Crippen LogP contribution in [-0.4, -0.2) is 40.8 Å². The standard InChI is InChI=1S/C17H16N4O3/c22-16-10-24-13-6-11(8-18-9-13)17-14-7-12(23-5-1-4-19-16)2-3-15(14)20-21-17/h2-3,6-9H,1,4-5,10H2,(H,19,22)(H,20,21). The van der Waals surface area contributed by atoms with E-state index < -0.39 is 0 Å². The zero-order valence-corrected chi connectivity index (χ0v) is 12.9. The summed E-state index contributed by atoms with van der Waals surface area (Å²) < 4.78 is 11.3. The van der Waals surface area contributed by atoms with Crippen molar-refractivity contribution >= 4 is 16.8 Å². The number of nitrogens with zero attached hydrogens (tertiary/aromatic N) is 2. The molecule has 4 bridgehead atoms. The van der Waals surface area contributed by atoms with Crippen LogP contribution in [0.1, 0.15) is 6.42 Å². The number of ether oxygens (including phenoxy) is 2. The van der Waals surface area contributed by atoms with Crippen LogP contribution in [-0.2, 0) is 4.79 Å². The number of carbonyl (C=O) groups is 1. The van der Waals surface area contributed by atoms with Gasteiger partial charge in [-0.05, 0) is 30.7 Å². The summed E-state index contributed by atoms with van der Waals surface area (Å²) in [6.45, 7) is 1.02. The Kier molecular flexibility index (Phi) is 3.74. The lowest BCUT2D eigenvalue weighted by Crippen LogP contribution is -2.30. The highest BCUT2D eigenvalue weighted by atomic mass is 16.5. The lowest BCUT2D eigenvalue weighted by atomic mass is 10.1. The second-order valence-corrected chi connectivity index (χ2v) is 5.53. The number of amides is 1. The van der Waals surface area contributed by atoms with Gasteiger partial charge in [0.2, 0.25) is 0 Å². The first kappa shape index (κ1) is 14.5. The number of pyridine rings is 1. The van der Waals surface area contributed by atoms with Gasteiger partial charge in [-0.1, -0.05) is 0 Å². The van der Waals surface area contributed by atoms with Crippen LogP contribution in [0.15, 0.2) is 36.7 Å². The summed E-state index contributed by atoms with van der Waals surface area (Å²) in [5, 5.41) is 11.1. The summed E-state index contributed by atoms with van der Waals surface area (Å²) in [5.74, 6) is 1.13. The molecule has 0 radical (unpaired) electrons. The van der Waals surface area contributed by atoms with Crippen LogP contribution in [0.25, 0.3) is 22.2 Å². The van der Waals surface area contributed by atoms with Crippen molar-refractivity contribution < 1.29 is 14.3 Å². The van der Waals surface area contributed by atoms with E-state index in [1.54, 1.807) is 12.4 Å². The van der Waals surface area contributed by atoms with Crippen LogP contribution in [0, 0.1) is 0 Å². The quantitative estimate of drug-likeness (QED) is 0.659. The maximum atomic E-state index is 11.8. The normalized spacial score (nSPS) is 15.1. The van der Waals surface area contributed by atoms with Crippen molar-refractivity contribution in [2.24, 2.45) is 0 Å². The third kappa shape index (κ3) is 2.88. The summed E-state index contributed by atoms with van der Waals surface area (Å²) in [4.78, 5) is 15.9. The highest BCUT2D eigenvalue weighted by Gasteiger charge is 2.12. The summed E-state index contributed by atoms with van der Waals surface area (Å²) in [6, 6.07) is 7.62. The predicted octanol–water partition coefficient (Wildman–Crippen LogP) is 1.90. The lowest BCUT2D eigenvalue weighted by Gasteiger charge is -2.08. The number of nitrogens with one attached hydrogen (secondary N) is 2. The minimum Gasteiger partial charge on any atom is -0.494 e. The first-order valence-electron chi connectivity index (χ1n) is 7.75. The van der Waals surface area contributed by atoms with E-state index in [1.165, 1.54) is 0 Å². The molecule has 4 rings (SSSR count). The first-order valence-corrected chi connectivity index (χ1v) is 7.75. The van der Waals surface area contributed by atoms with Gasteiger partial charge in [-0.25, -0.2) is 0 Å². The average Bonchev–Trinajstić information content (AvgIpc) is 3.02. The maximum Gasteiger partial charge on any atom is 0.257 e. The molecule has 0 fully saturated rings. The van der Waals surface area contributed by atoms with E-state index in [-0.39, 0.29) is 12.5 Å². The minimum atomic E-state index is -0.169. The molecule has 2 N–H and O–H groups in total. The third-order valence-corrected chi connectivity index (χ3v) is 3.80. The Balaban J connectivity index is 1.78. The second kappa shape index (κ2) is 6.19. The van der Waals surface area contributed by atoms with Crippen molar-refractivity contribution in [2.45, 2.75) is 6.42 Å². The van der Waals surface area contributed by atoms with Gasteiger partial charge >= 0.3 is 0 Å².